The highest BCUT2D eigenvalue weighted by Crippen LogP contribution is 2.58. The fourth-order valence-corrected chi connectivity index (χ4v) is 3.11. The van der Waals surface area contributed by atoms with Gasteiger partial charge < -0.3 is 5.32 Å². The second kappa shape index (κ2) is 3.36. The summed E-state index contributed by atoms with van der Waals surface area (Å²) in [5, 5.41) is 3.85. The van der Waals surface area contributed by atoms with Crippen LogP contribution in [0.1, 0.15) is 31.7 Å². The van der Waals surface area contributed by atoms with E-state index in [1.54, 1.807) is 0 Å². The number of aromatic nitrogens is 2. The molecule has 2 unspecified atom stereocenters. The van der Waals surface area contributed by atoms with Crippen LogP contribution in [0.2, 0.25) is 10.3 Å². The third kappa shape index (κ3) is 1.24. The number of rotatable bonds is 0. The fourth-order valence-electron chi connectivity index (χ4n) is 2.86. The summed E-state index contributed by atoms with van der Waals surface area (Å²) in [6.45, 7) is 5.33. The third-order valence-corrected chi connectivity index (χ3v) is 4.90. The van der Waals surface area contributed by atoms with Gasteiger partial charge in [-0.15, -0.1) is 0 Å². The van der Waals surface area contributed by atoms with Gasteiger partial charge in [-0.2, -0.15) is 0 Å². The molecule has 1 aromatic heterocycles. The van der Waals surface area contributed by atoms with E-state index in [2.05, 4.69) is 35.2 Å². The van der Waals surface area contributed by atoms with E-state index in [-0.39, 0.29) is 10.8 Å². The molecule has 1 aliphatic heterocycles. The Morgan fingerprint density at radius 1 is 1.18 bits per heavy atom. The zero-order chi connectivity index (χ0) is 12.3. The van der Waals surface area contributed by atoms with E-state index >= 15 is 0 Å². The van der Waals surface area contributed by atoms with Crippen LogP contribution >= 0.6 is 23.2 Å². The molecule has 0 saturated carbocycles. The van der Waals surface area contributed by atoms with Crippen LogP contribution in [0, 0.1) is 0 Å². The lowest BCUT2D eigenvalue weighted by Crippen LogP contribution is -2.55. The van der Waals surface area contributed by atoms with Crippen molar-refractivity contribution in [2.24, 2.45) is 0 Å². The number of hydrogen-bond acceptors (Lipinski definition) is 3. The molecular weight excluding hydrogens is 257 g/mol. The molecule has 2 heterocycles. The van der Waals surface area contributed by atoms with Crippen LogP contribution in [-0.4, -0.2) is 16.5 Å². The van der Waals surface area contributed by atoms with Crippen molar-refractivity contribution >= 4 is 23.2 Å². The average molecular weight is 270 g/mol. The predicted octanol–water partition coefficient (Wildman–Crippen LogP) is 2.82. The van der Waals surface area contributed by atoms with E-state index in [4.69, 9.17) is 23.2 Å². The lowest BCUT2D eigenvalue weighted by Gasteiger charge is -2.53. The first-order chi connectivity index (χ1) is 7.99. The van der Waals surface area contributed by atoms with Gasteiger partial charge in [-0.1, -0.05) is 36.2 Å². The lowest BCUT2D eigenvalue weighted by atomic mass is 9.50. The molecule has 17 heavy (non-hydrogen) atoms. The molecule has 0 spiro atoms. The Morgan fingerprint density at radius 3 is 2.53 bits per heavy atom. The van der Waals surface area contributed by atoms with E-state index in [0.717, 1.165) is 24.4 Å². The molecule has 0 bridgehead atoms. The van der Waals surface area contributed by atoms with Crippen molar-refractivity contribution in [3.63, 3.8) is 0 Å². The maximum Gasteiger partial charge on any atom is 0.166 e. The lowest BCUT2D eigenvalue weighted by molar-refractivity contribution is 0.220. The molecule has 2 atom stereocenters. The molecular formula is C12H13Cl2N3. The molecule has 3 rings (SSSR count). The number of allylic oxidation sites excluding steroid dienone is 1. The molecule has 1 aromatic rings. The van der Waals surface area contributed by atoms with Gasteiger partial charge in [0.05, 0.1) is 11.4 Å². The van der Waals surface area contributed by atoms with Crippen molar-refractivity contribution < 1.29 is 0 Å². The van der Waals surface area contributed by atoms with Crippen LogP contribution in [0.3, 0.4) is 0 Å². The molecule has 1 aliphatic carbocycles. The van der Waals surface area contributed by atoms with Crippen LogP contribution in [-0.2, 0) is 10.8 Å². The molecule has 1 N–H and O–H groups in total. The van der Waals surface area contributed by atoms with Gasteiger partial charge >= 0.3 is 0 Å². The second-order valence-corrected chi connectivity index (χ2v) is 5.79. The Bertz CT molecular complexity index is 529. The minimum atomic E-state index is -0.104. The van der Waals surface area contributed by atoms with E-state index in [1.165, 1.54) is 0 Å². The molecule has 2 aliphatic rings. The largest absolute Gasteiger partial charge is 0.391 e. The first kappa shape index (κ1) is 11.3. The number of nitrogens with one attached hydrogen (secondary N) is 1. The summed E-state index contributed by atoms with van der Waals surface area (Å²) < 4.78 is 0. The van der Waals surface area contributed by atoms with Crippen LogP contribution < -0.4 is 5.32 Å². The standard InChI is InChI=1S/C12H13Cl2N3/c1-11-3-5-15-6-4-12(11,2)8-7(11)16-9(13)10(14)17-8/h3,5,15H,4,6H2,1-2H3. The van der Waals surface area contributed by atoms with Gasteiger partial charge in [-0.25, -0.2) is 9.97 Å². The molecule has 3 nitrogen and oxygen atoms in total. The summed E-state index contributed by atoms with van der Waals surface area (Å²) in [6, 6.07) is 0. The van der Waals surface area contributed by atoms with Crippen molar-refractivity contribution in [2.75, 3.05) is 6.54 Å². The molecule has 0 fully saturated rings. The number of fused-ring (bicyclic) bond motifs is 4. The Morgan fingerprint density at radius 2 is 1.82 bits per heavy atom. The van der Waals surface area contributed by atoms with E-state index < -0.39 is 0 Å². The van der Waals surface area contributed by atoms with Crippen LogP contribution in [0.15, 0.2) is 12.3 Å². The van der Waals surface area contributed by atoms with Gasteiger partial charge in [-0.05, 0) is 19.5 Å². The van der Waals surface area contributed by atoms with E-state index in [9.17, 15) is 0 Å². The van der Waals surface area contributed by atoms with Crippen molar-refractivity contribution in [3.8, 4) is 0 Å². The minimum absolute atomic E-state index is 0.0104. The van der Waals surface area contributed by atoms with Gasteiger partial charge in [0.25, 0.3) is 0 Å². The molecule has 0 radical (unpaired) electrons. The van der Waals surface area contributed by atoms with Crippen LogP contribution in [0.25, 0.3) is 0 Å². The van der Waals surface area contributed by atoms with Crippen LogP contribution in [0.5, 0.6) is 0 Å². The minimum Gasteiger partial charge on any atom is -0.391 e. The highest BCUT2D eigenvalue weighted by molar-refractivity contribution is 6.40. The number of nitrogens with zero attached hydrogens (tertiary/aromatic N) is 2. The Balaban J connectivity index is 2.24. The van der Waals surface area contributed by atoms with Crippen LogP contribution in [0.4, 0.5) is 0 Å². The maximum absolute atomic E-state index is 5.96. The second-order valence-electron chi connectivity index (χ2n) is 5.07. The number of hydrogen-bond donors (Lipinski definition) is 1. The Hall–Kier alpha value is -0.800. The van der Waals surface area contributed by atoms with Crippen molar-refractivity contribution in [1.82, 2.24) is 15.3 Å². The van der Waals surface area contributed by atoms with E-state index in [0.29, 0.717) is 10.3 Å². The predicted molar refractivity (Wildman–Crippen MR) is 68.5 cm³/mol. The number of halogens is 2. The first-order valence-corrected chi connectivity index (χ1v) is 6.40. The molecule has 0 saturated heterocycles. The van der Waals surface area contributed by atoms with Crippen molar-refractivity contribution in [1.29, 1.82) is 0 Å². The quantitative estimate of drug-likeness (QED) is 0.787. The molecule has 5 heteroatoms. The van der Waals surface area contributed by atoms with Crippen molar-refractivity contribution in [2.45, 2.75) is 31.1 Å². The summed E-state index contributed by atoms with van der Waals surface area (Å²) in [5.74, 6) is 0. The average Bonchev–Trinajstić information content (AvgIpc) is 2.42. The maximum atomic E-state index is 5.96. The topological polar surface area (TPSA) is 37.8 Å². The highest BCUT2D eigenvalue weighted by Gasteiger charge is 2.59. The molecule has 90 valence electrons. The first-order valence-electron chi connectivity index (χ1n) is 5.64. The monoisotopic (exact) mass is 269 g/mol. The Kier molecular flexibility index (Phi) is 2.23. The molecule has 0 aromatic carbocycles. The molecule has 0 amide bonds. The summed E-state index contributed by atoms with van der Waals surface area (Å²) >= 11 is 11.9. The van der Waals surface area contributed by atoms with Gasteiger partial charge in [0.1, 0.15) is 0 Å². The van der Waals surface area contributed by atoms with E-state index in [1.807, 2.05) is 6.20 Å². The van der Waals surface area contributed by atoms with Gasteiger partial charge in [-0.3, -0.25) is 0 Å². The van der Waals surface area contributed by atoms with Gasteiger partial charge in [0.15, 0.2) is 10.3 Å². The smallest absolute Gasteiger partial charge is 0.166 e. The summed E-state index contributed by atoms with van der Waals surface area (Å²) in [7, 11) is 0. The highest BCUT2D eigenvalue weighted by atomic mass is 35.5. The summed E-state index contributed by atoms with van der Waals surface area (Å²) in [4.78, 5) is 8.81. The fraction of sp³-hybridized carbons (Fsp3) is 0.500. The normalized spacial score (nSPS) is 34.1. The summed E-state index contributed by atoms with van der Waals surface area (Å²) in [6.07, 6.45) is 5.16. The van der Waals surface area contributed by atoms with Gasteiger partial charge in [0.2, 0.25) is 0 Å². The third-order valence-electron chi connectivity index (χ3n) is 4.28. The SMILES string of the molecule is CC12C=CNCCC1(C)c1nc(Cl)c(Cl)nc12. The Labute approximate surface area is 110 Å². The van der Waals surface area contributed by atoms with Crippen molar-refractivity contribution in [3.05, 3.63) is 34.0 Å². The van der Waals surface area contributed by atoms with Gasteiger partial charge in [0, 0.05) is 17.4 Å². The zero-order valence-electron chi connectivity index (χ0n) is 9.72. The zero-order valence-corrected chi connectivity index (χ0v) is 11.2. The summed E-state index contributed by atoms with van der Waals surface area (Å²) in [5.41, 5.74) is 1.83.